The predicted molar refractivity (Wildman–Crippen MR) is 112 cm³/mol. The fourth-order valence-corrected chi connectivity index (χ4v) is 4.42. The Morgan fingerprint density at radius 1 is 0.862 bits per heavy atom. The van der Waals surface area contributed by atoms with E-state index in [-0.39, 0.29) is 17.7 Å². The molecule has 0 N–H and O–H groups in total. The van der Waals surface area contributed by atoms with Gasteiger partial charge in [0.05, 0.1) is 5.02 Å². The molecule has 0 bridgehead atoms. The van der Waals surface area contributed by atoms with Crippen molar-refractivity contribution in [2.45, 2.75) is 25.7 Å². The van der Waals surface area contributed by atoms with Crippen molar-refractivity contribution >= 4 is 23.4 Å². The Balaban J connectivity index is 1.15. The van der Waals surface area contributed by atoms with Gasteiger partial charge in [0.2, 0.25) is 11.8 Å². The highest BCUT2D eigenvalue weighted by atomic mass is 35.5. The number of ether oxygens (including phenoxy) is 1. The van der Waals surface area contributed by atoms with Crippen LogP contribution in [-0.2, 0) is 9.59 Å². The van der Waals surface area contributed by atoms with Crippen molar-refractivity contribution in [2.75, 3.05) is 52.4 Å². The summed E-state index contributed by atoms with van der Waals surface area (Å²) >= 11 is 6.11. The van der Waals surface area contributed by atoms with Crippen LogP contribution in [0.3, 0.4) is 0 Å². The molecule has 1 aromatic rings. The van der Waals surface area contributed by atoms with Gasteiger partial charge >= 0.3 is 0 Å². The number of amides is 2. The fourth-order valence-electron chi connectivity index (χ4n) is 4.23. The summed E-state index contributed by atoms with van der Waals surface area (Å²) in [6.45, 7) is 6.18. The van der Waals surface area contributed by atoms with Gasteiger partial charge in [-0.1, -0.05) is 23.7 Å². The van der Waals surface area contributed by atoms with Gasteiger partial charge in [-0.05, 0) is 37.8 Å². The zero-order valence-electron chi connectivity index (χ0n) is 16.9. The summed E-state index contributed by atoms with van der Waals surface area (Å²) in [5.41, 5.74) is 0. The number of benzene rings is 1. The van der Waals surface area contributed by atoms with E-state index in [0.717, 1.165) is 77.2 Å². The van der Waals surface area contributed by atoms with Crippen LogP contribution >= 0.6 is 11.6 Å². The molecule has 158 valence electrons. The molecule has 2 saturated heterocycles. The summed E-state index contributed by atoms with van der Waals surface area (Å²) in [5, 5.41) is 0.632. The first-order valence-corrected chi connectivity index (χ1v) is 11.2. The lowest BCUT2D eigenvalue weighted by atomic mass is 9.94. The molecular weight excluding hydrogens is 390 g/mol. The number of hydrogen-bond donors (Lipinski definition) is 0. The minimum Gasteiger partial charge on any atom is -0.491 e. The average Bonchev–Trinajstić information content (AvgIpc) is 3.60. The highest BCUT2D eigenvalue weighted by Gasteiger charge is 2.37. The number of para-hydroxylation sites is 1. The number of rotatable bonds is 6. The highest BCUT2D eigenvalue weighted by Crippen LogP contribution is 2.32. The van der Waals surface area contributed by atoms with E-state index in [4.69, 9.17) is 16.3 Å². The number of nitrogens with zero attached hydrogens (tertiary/aromatic N) is 3. The number of halogens is 1. The van der Waals surface area contributed by atoms with Crippen molar-refractivity contribution in [3.8, 4) is 5.75 Å². The van der Waals surface area contributed by atoms with Crippen LogP contribution in [0.1, 0.15) is 25.7 Å². The highest BCUT2D eigenvalue weighted by molar-refractivity contribution is 6.32. The largest absolute Gasteiger partial charge is 0.491 e. The maximum atomic E-state index is 12.9. The predicted octanol–water partition coefficient (Wildman–Crippen LogP) is 2.51. The van der Waals surface area contributed by atoms with Gasteiger partial charge in [0.25, 0.3) is 0 Å². The van der Waals surface area contributed by atoms with E-state index in [1.54, 1.807) is 0 Å². The molecule has 0 unspecified atom stereocenters. The van der Waals surface area contributed by atoms with Crippen LogP contribution in [-0.4, -0.2) is 78.9 Å². The third kappa shape index (κ3) is 5.23. The van der Waals surface area contributed by atoms with E-state index >= 15 is 0 Å². The quantitative estimate of drug-likeness (QED) is 0.711. The molecule has 6 nitrogen and oxygen atoms in total. The number of hydrogen-bond acceptors (Lipinski definition) is 4. The van der Waals surface area contributed by atoms with Crippen molar-refractivity contribution in [3.05, 3.63) is 29.3 Å². The standard InChI is InChI=1S/C22H30ClN3O3/c23-19-3-1-2-4-20(19)29-16-15-24-11-13-26(14-12-24)22(28)18-7-9-25(10-8-18)21(27)17-5-6-17/h1-4,17-18H,5-16H2. The summed E-state index contributed by atoms with van der Waals surface area (Å²) in [7, 11) is 0. The van der Waals surface area contributed by atoms with Crippen molar-refractivity contribution in [3.63, 3.8) is 0 Å². The summed E-state index contributed by atoms with van der Waals surface area (Å²) in [4.78, 5) is 31.4. The second-order valence-electron chi connectivity index (χ2n) is 8.32. The molecular formula is C22H30ClN3O3. The maximum absolute atomic E-state index is 12.9. The maximum Gasteiger partial charge on any atom is 0.225 e. The van der Waals surface area contributed by atoms with Crippen LogP contribution in [0.2, 0.25) is 5.02 Å². The second-order valence-corrected chi connectivity index (χ2v) is 8.73. The first-order chi connectivity index (χ1) is 14.1. The number of piperazine rings is 1. The van der Waals surface area contributed by atoms with Gasteiger partial charge in [0.15, 0.2) is 0 Å². The summed E-state index contributed by atoms with van der Waals surface area (Å²) in [6, 6.07) is 7.51. The molecule has 1 aromatic carbocycles. The number of piperidine rings is 1. The van der Waals surface area contributed by atoms with Gasteiger partial charge < -0.3 is 14.5 Å². The monoisotopic (exact) mass is 419 g/mol. The Bertz CT molecular complexity index is 724. The van der Waals surface area contributed by atoms with E-state index < -0.39 is 0 Å². The molecule has 3 aliphatic rings. The minimum atomic E-state index is 0.0772. The summed E-state index contributed by atoms with van der Waals surface area (Å²) in [5.74, 6) is 1.65. The molecule has 7 heteroatoms. The first kappa shape index (κ1) is 20.5. The third-order valence-corrected chi connectivity index (χ3v) is 6.58. The molecule has 1 aliphatic carbocycles. The van der Waals surface area contributed by atoms with Gasteiger partial charge in [0, 0.05) is 57.6 Å². The second kappa shape index (κ2) is 9.35. The Labute approximate surface area is 177 Å². The van der Waals surface area contributed by atoms with Gasteiger partial charge in [-0.15, -0.1) is 0 Å². The molecule has 0 spiro atoms. The zero-order chi connectivity index (χ0) is 20.2. The molecule has 2 aliphatic heterocycles. The van der Waals surface area contributed by atoms with Crippen LogP contribution < -0.4 is 4.74 Å². The van der Waals surface area contributed by atoms with Crippen molar-refractivity contribution in [1.82, 2.24) is 14.7 Å². The van der Waals surface area contributed by atoms with Gasteiger partial charge in [-0.25, -0.2) is 0 Å². The van der Waals surface area contributed by atoms with E-state index in [0.29, 0.717) is 17.5 Å². The number of carbonyl (C=O) groups is 2. The molecule has 0 aromatic heterocycles. The Morgan fingerprint density at radius 2 is 1.45 bits per heavy atom. The SMILES string of the molecule is O=C(C1CC1)N1CCC(C(=O)N2CCN(CCOc3ccccc3Cl)CC2)CC1. The van der Waals surface area contributed by atoms with Crippen LogP contribution in [0.15, 0.2) is 24.3 Å². The Morgan fingerprint density at radius 3 is 2.07 bits per heavy atom. The normalized spacial score (nSPS) is 21.3. The van der Waals surface area contributed by atoms with Gasteiger partial charge in [-0.2, -0.15) is 0 Å². The van der Waals surface area contributed by atoms with Crippen LogP contribution in [0.5, 0.6) is 5.75 Å². The van der Waals surface area contributed by atoms with Crippen LogP contribution in [0.4, 0.5) is 0 Å². The lowest BCUT2D eigenvalue weighted by Gasteiger charge is -2.38. The smallest absolute Gasteiger partial charge is 0.225 e. The summed E-state index contributed by atoms with van der Waals surface area (Å²) in [6.07, 6.45) is 3.71. The van der Waals surface area contributed by atoms with Gasteiger partial charge in [0.1, 0.15) is 12.4 Å². The van der Waals surface area contributed by atoms with E-state index in [1.165, 1.54) is 0 Å². The lowest BCUT2D eigenvalue weighted by molar-refractivity contribution is -0.142. The first-order valence-electron chi connectivity index (χ1n) is 10.8. The molecule has 29 heavy (non-hydrogen) atoms. The molecule has 1 saturated carbocycles. The third-order valence-electron chi connectivity index (χ3n) is 6.27. The van der Waals surface area contributed by atoms with Crippen molar-refractivity contribution < 1.29 is 14.3 Å². The topological polar surface area (TPSA) is 53.1 Å². The van der Waals surface area contributed by atoms with Crippen LogP contribution in [0.25, 0.3) is 0 Å². The molecule has 2 amide bonds. The molecule has 0 atom stereocenters. The molecule has 3 fully saturated rings. The van der Waals surface area contributed by atoms with Crippen molar-refractivity contribution in [1.29, 1.82) is 0 Å². The number of likely N-dealkylation sites (tertiary alicyclic amines) is 1. The number of carbonyl (C=O) groups excluding carboxylic acids is 2. The molecule has 4 rings (SSSR count). The molecule has 2 heterocycles. The van der Waals surface area contributed by atoms with E-state index in [2.05, 4.69) is 4.90 Å². The van der Waals surface area contributed by atoms with Gasteiger partial charge in [-0.3, -0.25) is 14.5 Å². The van der Waals surface area contributed by atoms with Crippen molar-refractivity contribution in [2.24, 2.45) is 11.8 Å². The Hall–Kier alpha value is -1.79. The molecule has 0 radical (unpaired) electrons. The van der Waals surface area contributed by atoms with E-state index in [9.17, 15) is 9.59 Å². The zero-order valence-corrected chi connectivity index (χ0v) is 17.6. The average molecular weight is 420 g/mol. The summed E-state index contributed by atoms with van der Waals surface area (Å²) < 4.78 is 5.77. The van der Waals surface area contributed by atoms with Crippen LogP contribution in [0, 0.1) is 11.8 Å². The fraction of sp³-hybridized carbons (Fsp3) is 0.636. The lowest BCUT2D eigenvalue weighted by Crippen LogP contribution is -2.52. The Kier molecular flexibility index (Phi) is 6.60. The van der Waals surface area contributed by atoms with E-state index in [1.807, 2.05) is 34.1 Å². The minimum absolute atomic E-state index is 0.0772.